The molecule has 2 aromatic heterocycles. The minimum atomic E-state index is -0.318. The zero-order chi connectivity index (χ0) is 27.5. The summed E-state index contributed by atoms with van der Waals surface area (Å²) in [6, 6.07) is 7.57. The van der Waals surface area contributed by atoms with Crippen molar-refractivity contribution >= 4 is 40.8 Å². The summed E-state index contributed by atoms with van der Waals surface area (Å²) in [6.45, 7) is 10.6. The van der Waals surface area contributed by atoms with E-state index in [0.717, 1.165) is 37.2 Å². The Morgan fingerprint density at radius 1 is 1.03 bits per heavy atom. The number of aldehydes is 1. The van der Waals surface area contributed by atoms with Crippen LogP contribution < -0.4 is 10.6 Å². The quantitative estimate of drug-likeness (QED) is 0.172. The molecule has 3 aromatic rings. The number of nitrogens with zero attached hydrogens (tertiary/aromatic N) is 1. The van der Waals surface area contributed by atoms with E-state index in [9.17, 15) is 14.4 Å². The monoisotopic (exact) mass is 534 g/mol. The van der Waals surface area contributed by atoms with Crippen LogP contribution in [0.5, 0.6) is 0 Å². The first-order valence-electron chi connectivity index (χ1n) is 11.8. The first-order valence-corrected chi connectivity index (χ1v) is 12.7. The number of thiazole rings is 1. The number of ether oxygens (including phenoxy) is 3. The number of H-pyrrole nitrogens is 1. The second kappa shape index (κ2) is 18.3. The third-order valence-electron chi connectivity index (χ3n) is 4.44. The molecule has 204 valence electrons. The van der Waals surface area contributed by atoms with Crippen molar-refractivity contribution in [2.75, 3.05) is 53.6 Å². The molecule has 0 bridgehead atoms. The summed E-state index contributed by atoms with van der Waals surface area (Å²) in [5.41, 5.74) is 1.47. The summed E-state index contributed by atoms with van der Waals surface area (Å²) in [5, 5.41) is 8.79. The van der Waals surface area contributed by atoms with Gasteiger partial charge in [-0.2, -0.15) is 0 Å². The van der Waals surface area contributed by atoms with Gasteiger partial charge in [0.15, 0.2) is 11.3 Å². The van der Waals surface area contributed by atoms with Crippen molar-refractivity contribution in [1.82, 2.24) is 20.6 Å². The summed E-state index contributed by atoms with van der Waals surface area (Å²) in [6.07, 6.45) is 2.32. The van der Waals surface area contributed by atoms with Crippen molar-refractivity contribution in [3.05, 3.63) is 52.1 Å². The molecular formula is C26H38N4O6S. The van der Waals surface area contributed by atoms with E-state index in [1.165, 1.54) is 11.3 Å². The van der Waals surface area contributed by atoms with Crippen LogP contribution in [-0.4, -0.2) is 87.7 Å². The molecule has 37 heavy (non-hydrogen) atoms. The zero-order valence-corrected chi connectivity index (χ0v) is 23.0. The van der Waals surface area contributed by atoms with Crippen molar-refractivity contribution in [3.8, 4) is 0 Å². The van der Waals surface area contributed by atoms with Crippen LogP contribution in [0.4, 0.5) is 0 Å². The average molecular weight is 535 g/mol. The smallest absolute Gasteiger partial charge is 0.293 e. The van der Waals surface area contributed by atoms with Gasteiger partial charge in [-0.3, -0.25) is 14.4 Å². The third-order valence-corrected chi connectivity index (χ3v) is 5.30. The van der Waals surface area contributed by atoms with Crippen LogP contribution in [0.2, 0.25) is 0 Å². The number of para-hydroxylation sites is 1. The topological polar surface area (TPSA) is 132 Å². The number of aromatic nitrogens is 2. The Bertz CT molecular complexity index is 1050. The third kappa shape index (κ3) is 13.2. The number of carbonyl (C=O) groups is 3. The van der Waals surface area contributed by atoms with Gasteiger partial charge in [-0.1, -0.05) is 18.2 Å². The molecule has 0 aliphatic carbocycles. The van der Waals surface area contributed by atoms with Gasteiger partial charge in [0, 0.05) is 35.6 Å². The molecule has 0 fully saturated rings. The van der Waals surface area contributed by atoms with Gasteiger partial charge in [-0.05, 0) is 40.9 Å². The maximum absolute atomic E-state index is 12.3. The lowest BCUT2D eigenvalue weighted by Gasteiger charge is -2.14. The highest BCUT2D eigenvalue weighted by atomic mass is 32.1. The van der Waals surface area contributed by atoms with E-state index in [1.807, 2.05) is 59.1 Å². The second-order valence-corrected chi connectivity index (χ2v) is 9.39. The molecule has 0 unspecified atom stereocenters. The van der Waals surface area contributed by atoms with Crippen molar-refractivity contribution in [2.45, 2.75) is 26.4 Å². The van der Waals surface area contributed by atoms with Crippen LogP contribution in [0.25, 0.3) is 10.9 Å². The van der Waals surface area contributed by atoms with Gasteiger partial charge in [0.1, 0.15) is 11.3 Å². The maximum Gasteiger partial charge on any atom is 0.293 e. The Balaban J connectivity index is 0.000000313. The molecule has 0 saturated heterocycles. The lowest BCUT2D eigenvalue weighted by Crippen LogP contribution is -2.18. The first kappa shape index (κ1) is 32.1. The number of aromatic amines is 1. The van der Waals surface area contributed by atoms with Gasteiger partial charge >= 0.3 is 0 Å². The van der Waals surface area contributed by atoms with Crippen LogP contribution in [0, 0.1) is 0 Å². The highest BCUT2D eigenvalue weighted by molar-refractivity contribution is 7.12. The molecule has 0 radical (unpaired) electrons. The van der Waals surface area contributed by atoms with Crippen LogP contribution in [0.3, 0.4) is 0 Å². The van der Waals surface area contributed by atoms with E-state index >= 15 is 0 Å². The largest absolute Gasteiger partial charge is 0.462 e. The van der Waals surface area contributed by atoms with E-state index in [4.69, 9.17) is 9.47 Å². The number of rotatable bonds is 13. The number of hydrogen-bond acceptors (Lipinski definition) is 10. The standard InChI is InChI=1S/C13H8N2O2S.C8H20N2O2.C5H10O2/c16-6-8-7-18-13(15-8)12(17)10-5-14-11-4-2-1-3-9(10)11;1-9-3-5-11-7-8-12-6-4-10-2;1-5(2,3)7-4-6/h1-7,14H;9-10H,3-8H2,1-2H3;4H,1-3H3. The van der Waals surface area contributed by atoms with Crippen LogP contribution in [0.1, 0.15) is 46.6 Å². The van der Waals surface area contributed by atoms with E-state index in [-0.39, 0.29) is 11.4 Å². The molecule has 0 atom stereocenters. The highest BCUT2D eigenvalue weighted by Crippen LogP contribution is 2.22. The van der Waals surface area contributed by atoms with Crippen molar-refractivity contribution in [3.63, 3.8) is 0 Å². The SMILES string of the molecule is CC(C)(C)OC=O.CNCCOCCOCCNC.O=Cc1csc(C(=O)c2c[nH]c3ccccc23)n1. The Morgan fingerprint density at radius 3 is 2.14 bits per heavy atom. The summed E-state index contributed by atoms with van der Waals surface area (Å²) < 4.78 is 15.0. The first-order chi connectivity index (χ1) is 17.8. The van der Waals surface area contributed by atoms with Crippen LogP contribution >= 0.6 is 11.3 Å². The molecule has 0 amide bonds. The second-order valence-electron chi connectivity index (χ2n) is 8.53. The fraction of sp³-hybridized carbons (Fsp3) is 0.462. The zero-order valence-electron chi connectivity index (χ0n) is 22.2. The molecule has 0 aliphatic heterocycles. The van der Waals surface area contributed by atoms with Gasteiger partial charge in [0.2, 0.25) is 5.78 Å². The lowest BCUT2D eigenvalue weighted by molar-refractivity contribution is -0.138. The van der Waals surface area contributed by atoms with Crippen molar-refractivity contribution in [2.24, 2.45) is 0 Å². The van der Waals surface area contributed by atoms with Gasteiger partial charge in [-0.15, -0.1) is 11.3 Å². The van der Waals surface area contributed by atoms with E-state index in [2.05, 4.69) is 25.3 Å². The van der Waals surface area contributed by atoms with Gasteiger partial charge in [0.05, 0.1) is 32.0 Å². The summed E-state index contributed by atoms with van der Waals surface area (Å²) >= 11 is 1.18. The predicted molar refractivity (Wildman–Crippen MR) is 146 cm³/mol. The molecule has 0 spiro atoms. The molecule has 11 heteroatoms. The number of likely N-dealkylation sites (N-methyl/N-ethyl adjacent to an activating group) is 2. The molecule has 10 nitrogen and oxygen atoms in total. The lowest BCUT2D eigenvalue weighted by atomic mass is 10.1. The van der Waals surface area contributed by atoms with Gasteiger partial charge in [-0.25, -0.2) is 4.98 Å². The minimum Gasteiger partial charge on any atom is -0.462 e. The molecule has 3 rings (SSSR count). The molecular weight excluding hydrogens is 496 g/mol. The number of carbonyl (C=O) groups excluding carboxylic acids is 3. The predicted octanol–water partition coefficient (Wildman–Crippen LogP) is 3.08. The van der Waals surface area contributed by atoms with E-state index in [0.29, 0.717) is 42.2 Å². The fourth-order valence-corrected chi connectivity index (χ4v) is 3.35. The molecule has 0 saturated carbocycles. The Kier molecular flexibility index (Phi) is 15.9. The van der Waals surface area contributed by atoms with Crippen molar-refractivity contribution < 1.29 is 28.6 Å². The average Bonchev–Trinajstić information content (AvgIpc) is 3.53. The molecule has 0 aliphatic rings. The summed E-state index contributed by atoms with van der Waals surface area (Å²) in [4.78, 5) is 39.5. The minimum absolute atomic E-state index is 0.162. The fourth-order valence-electron chi connectivity index (χ4n) is 2.63. The normalized spacial score (nSPS) is 10.6. The van der Waals surface area contributed by atoms with Crippen molar-refractivity contribution in [1.29, 1.82) is 0 Å². The highest BCUT2D eigenvalue weighted by Gasteiger charge is 2.17. The van der Waals surface area contributed by atoms with E-state index in [1.54, 1.807) is 11.6 Å². The number of nitrogens with one attached hydrogen (secondary N) is 3. The number of fused-ring (bicyclic) bond motifs is 1. The summed E-state index contributed by atoms with van der Waals surface area (Å²) in [7, 11) is 3.82. The van der Waals surface area contributed by atoms with Crippen LogP contribution in [0.15, 0.2) is 35.8 Å². The molecule has 1 aromatic carbocycles. The summed E-state index contributed by atoms with van der Waals surface area (Å²) in [5.74, 6) is -0.162. The van der Waals surface area contributed by atoms with Crippen LogP contribution in [-0.2, 0) is 19.0 Å². The molecule has 3 N–H and O–H groups in total. The maximum atomic E-state index is 12.3. The van der Waals surface area contributed by atoms with Gasteiger partial charge in [0.25, 0.3) is 6.47 Å². The number of benzene rings is 1. The number of ketones is 1. The Hall–Kier alpha value is -2.96. The molecule has 2 heterocycles. The number of hydrogen-bond donors (Lipinski definition) is 3. The van der Waals surface area contributed by atoms with Gasteiger partial charge < -0.3 is 29.8 Å². The Labute approximate surface area is 222 Å². The Morgan fingerprint density at radius 2 is 1.65 bits per heavy atom. The van der Waals surface area contributed by atoms with E-state index < -0.39 is 0 Å².